The fraction of sp³-hybridized carbons (Fsp3) is 0.500. The van der Waals surface area contributed by atoms with Gasteiger partial charge in [-0.3, -0.25) is 14.2 Å². The second-order valence-electron chi connectivity index (χ2n) is 4.88. The summed E-state index contributed by atoms with van der Waals surface area (Å²) in [4.78, 5) is 12.4. The largest absolute Gasteiger partial charge is 0.344 e. The topological polar surface area (TPSA) is 64.7 Å². The molecule has 1 atom stereocenters. The third-order valence-electron chi connectivity index (χ3n) is 3.43. The molecule has 1 amide bonds. The Morgan fingerprint density at radius 3 is 2.71 bits per heavy atom. The highest BCUT2D eigenvalue weighted by molar-refractivity contribution is 6.33. The van der Waals surface area contributed by atoms with E-state index in [2.05, 4.69) is 15.5 Å². The average molecular weight is 310 g/mol. The second kappa shape index (κ2) is 6.30. The zero-order valence-electron chi connectivity index (χ0n) is 12.7. The van der Waals surface area contributed by atoms with Crippen molar-refractivity contribution in [3.8, 4) is 0 Å². The van der Waals surface area contributed by atoms with Crippen LogP contribution in [0.15, 0.2) is 12.4 Å². The summed E-state index contributed by atoms with van der Waals surface area (Å²) < 4.78 is 3.45. The number of aryl methyl sites for hydroxylation is 3. The van der Waals surface area contributed by atoms with Crippen LogP contribution in [0.5, 0.6) is 0 Å². The highest BCUT2D eigenvalue weighted by Crippen LogP contribution is 2.19. The molecule has 7 heteroatoms. The maximum atomic E-state index is 12.4. The summed E-state index contributed by atoms with van der Waals surface area (Å²) in [6.45, 7) is 9.21. The minimum atomic E-state index is -0.226. The Kier molecular flexibility index (Phi) is 4.67. The number of nitrogens with one attached hydrogen (secondary N) is 1. The summed E-state index contributed by atoms with van der Waals surface area (Å²) in [5.41, 5.74) is 2.31. The van der Waals surface area contributed by atoms with E-state index in [-0.39, 0.29) is 11.9 Å². The van der Waals surface area contributed by atoms with Gasteiger partial charge in [0.15, 0.2) is 0 Å². The zero-order valence-corrected chi connectivity index (χ0v) is 13.5. The second-order valence-corrected chi connectivity index (χ2v) is 5.28. The highest BCUT2D eigenvalue weighted by Gasteiger charge is 2.20. The van der Waals surface area contributed by atoms with E-state index >= 15 is 0 Å². The van der Waals surface area contributed by atoms with Gasteiger partial charge >= 0.3 is 0 Å². The lowest BCUT2D eigenvalue weighted by atomic mass is 10.1. The molecule has 0 aromatic carbocycles. The van der Waals surface area contributed by atoms with Gasteiger partial charge < -0.3 is 5.32 Å². The van der Waals surface area contributed by atoms with Gasteiger partial charge in [-0.25, -0.2) is 0 Å². The van der Waals surface area contributed by atoms with Crippen molar-refractivity contribution < 1.29 is 4.79 Å². The third-order valence-corrected chi connectivity index (χ3v) is 3.71. The van der Waals surface area contributed by atoms with Crippen LogP contribution in [-0.2, 0) is 13.1 Å². The number of carbonyl (C=O) groups is 1. The van der Waals surface area contributed by atoms with Crippen molar-refractivity contribution >= 4 is 17.5 Å². The Labute approximate surface area is 129 Å². The smallest absolute Gasteiger partial charge is 0.271 e. The van der Waals surface area contributed by atoms with Crippen molar-refractivity contribution in [1.29, 1.82) is 0 Å². The van der Waals surface area contributed by atoms with Crippen molar-refractivity contribution in [2.75, 3.05) is 0 Å². The number of hydrogen-bond donors (Lipinski definition) is 1. The lowest BCUT2D eigenvalue weighted by Crippen LogP contribution is -2.29. The fourth-order valence-corrected chi connectivity index (χ4v) is 2.52. The molecule has 0 spiro atoms. The normalized spacial score (nSPS) is 12.4. The number of hydrogen-bond acceptors (Lipinski definition) is 3. The molecular weight excluding hydrogens is 290 g/mol. The van der Waals surface area contributed by atoms with Gasteiger partial charge in [0, 0.05) is 24.8 Å². The molecule has 0 aliphatic carbocycles. The summed E-state index contributed by atoms with van der Waals surface area (Å²) in [7, 11) is 0. The Balaban J connectivity index is 2.18. The van der Waals surface area contributed by atoms with Crippen LogP contribution in [0.1, 0.15) is 48.6 Å². The molecule has 2 rings (SSSR count). The Morgan fingerprint density at radius 1 is 1.43 bits per heavy atom. The van der Waals surface area contributed by atoms with Crippen LogP contribution in [0.2, 0.25) is 5.02 Å². The van der Waals surface area contributed by atoms with Crippen LogP contribution in [-0.4, -0.2) is 25.5 Å². The standard InChI is InChI=1S/C14H20ClN5O/c1-5-19-8-11(10(4)18-19)9(3)17-14(21)13-12(15)7-16-20(13)6-2/h7-9H,5-6H2,1-4H3,(H,17,21). The first-order valence-corrected chi connectivity index (χ1v) is 7.41. The van der Waals surface area contributed by atoms with E-state index in [1.54, 1.807) is 4.68 Å². The van der Waals surface area contributed by atoms with Gasteiger partial charge in [-0.2, -0.15) is 10.2 Å². The summed E-state index contributed by atoms with van der Waals surface area (Å²) in [5, 5.41) is 11.8. The Morgan fingerprint density at radius 2 is 2.14 bits per heavy atom. The lowest BCUT2D eigenvalue weighted by molar-refractivity contribution is 0.0929. The van der Waals surface area contributed by atoms with Crippen molar-refractivity contribution in [1.82, 2.24) is 24.9 Å². The molecule has 1 N–H and O–H groups in total. The molecule has 0 saturated carbocycles. The lowest BCUT2D eigenvalue weighted by Gasteiger charge is -2.14. The molecule has 0 saturated heterocycles. The number of rotatable bonds is 5. The monoisotopic (exact) mass is 309 g/mol. The van der Waals surface area contributed by atoms with Crippen molar-refractivity contribution in [3.63, 3.8) is 0 Å². The number of nitrogens with zero attached hydrogens (tertiary/aromatic N) is 4. The number of amides is 1. The van der Waals surface area contributed by atoms with Gasteiger partial charge in [-0.15, -0.1) is 0 Å². The summed E-state index contributed by atoms with van der Waals surface area (Å²) in [6.07, 6.45) is 3.45. The average Bonchev–Trinajstić information content (AvgIpc) is 3.01. The molecule has 2 aromatic heterocycles. The van der Waals surface area contributed by atoms with Crippen molar-refractivity contribution in [3.05, 3.63) is 34.4 Å². The molecule has 6 nitrogen and oxygen atoms in total. The quantitative estimate of drug-likeness (QED) is 0.923. The SMILES string of the molecule is CCn1cc(C(C)NC(=O)c2c(Cl)cnn2CC)c(C)n1. The van der Waals surface area contributed by atoms with Gasteiger partial charge in [0.2, 0.25) is 0 Å². The van der Waals surface area contributed by atoms with Crippen LogP contribution in [0, 0.1) is 6.92 Å². The maximum absolute atomic E-state index is 12.4. The van der Waals surface area contributed by atoms with E-state index in [0.29, 0.717) is 17.3 Å². The number of halogens is 1. The fourth-order valence-electron chi connectivity index (χ4n) is 2.29. The minimum absolute atomic E-state index is 0.144. The van der Waals surface area contributed by atoms with E-state index < -0.39 is 0 Å². The van der Waals surface area contributed by atoms with Crippen molar-refractivity contribution in [2.45, 2.75) is 46.8 Å². The molecular formula is C14H20ClN5O. The predicted octanol–water partition coefficient (Wildman–Crippen LogP) is 2.57. The van der Waals surface area contributed by atoms with E-state index in [1.165, 1.54) is 6.20 Å². The first-order chi connectivity index (χ1) is 9.97. The van der Waals surface area contributed by atoms with Gasteiger partial charge in [0.1, 0.15) is 5.69 Å². The van der Waals surface area contributed by atoms with Gasteiger partial charge in [-0.1, -0.05) is 11.6 Å². The highest BCUT2D eigenvalue weighted by atomic mass is 35.5. The van der Waals surface area contributed by atoms with Crippen LogP contribution in [0.3, 0.4) is 0 Å². The molecule has 0 radical (unpaired) electrons. The molecule has 114 valence electrons. The van der Waals surface area contributed by atoms with Crippen molar-refractivity contribution in [2.24, 2.45) is 0 Å². The third kappa shape index (κ3) is 3.10. The Hall–Kier alpha value is -1.82. The summed E-state index contributed by atoms with van der Waals surface area (Å²) in [6, 6.07) is -0.144. The molecule has 2 aromatic rings. The number of carbonyl (C=O) groups excluding carboxylic acids is 1. The van der Waals surface area contributed by atoms with Gasteiger partial charge in [0.05, 0.1) is 23.0 Å². The Bertz CT molecular complexity index is 646. The first-order valence-electron chi connectivity index (χ1n) is 7.04. The molecule has 1 unspecified atom stereocenters. The molecule has 21 heavy (non-hydrogen) atoms. The minimum Gasteiger partial charge on any atom is -0.344 e. The van der Waals surface area contributed by atoms with Gasteiger partial charge in [-0.05, 0) is 27.7 Å². The van der Waals surface area contributed by atoms with Crippen LogP contribution >= 0.6 is 11.6 Å². The van der Waals surface area contributed by atoms with Gasteiger partial charge in [0.25, 0.3) is 5.91 Å². The molecule has 0 fully saturated rings. The van der Waals surface area contributed by atoms with E-state index in [0.717, 1.165) is 17.8 Å². The molecule has 0 bridgehead atoms. The van der Waals surface area contributed by atoms with Crippen LogP contribution in [0.25, 0.3) is 0 Å². The van der Waals surface area contributed by atoms with E-state index in [1.807, 2.05) is 38.6 Å². The first kappa shape index (κ1) is 15.6. The molecule has 0 aliphatic rings. The summed E-state index contributed by atoms with van der Waals surface area (Å²) in [5.74, 6) is -0.226. The summed E-state index contributed by atoms with van der Waals surface area (Å²) >= 11 is 6.05. The zero-order chi connectivity index (χ0) is 15.6. The predicted molar refractivity (Wildman–Crippen MR) is 81.4 cm³/mol. The number of aromatic nitrogens is 4. The molecule has 0 aliphatic heterocycles. The van der Waals surface area contributed by atoms with Crippen LogP contribution in [0.4, 0.5) is 0 Å². The van der Waals surface area contributed by atoms with E-state index in [4.69, 9.17) is 11.6 Å². The van der Waals surface area contributed by atoms with E-state index in [9.17, 15) is 4.79 Å². The maximum Gasteiger partial charge on any atom is 0.271 e. The van der Waals surface area contributed by atoms with Crippen LogP contribution < -0.4 is 5.32 Å². The molecule has 2 heterocycles.